The van der Waals surface area contributed by atoms with Gasteiger partial charge in [-0.1, -0.05) is 11.6 Å². The van der Waals surface area contributed by atoms with Gasteiger partial charge >= 0.3 is 0 Å². The SMILES string of the molecule is CCN(CCCN(C)C)c1ccc(Cl)cc1CC(C)N. The summed E-state index contributed by atoms with van der Waals surface area (Å²) in [4.78, 5) is 4.64. The molecule has 2 N–H and O–H groups in total. The van der Waals surface area contributed by atoms with Crippen LogP contribution in [0.25, 0.3) is 0 Å². The first kappa shape index (κ1) is 17.3. The fourth-order valence-corrected chi connectivity index (χ4v) is 2.59. The van der Waals surface area contributed by atoms with E-state index in [2.05, 4.69) is 43.0 Å². The van der Waals surface area contributed by atoms with Gasteiger partial charge in [-0.2, -0.15) is 0 Å². The lowest BCUT2D eigenvalue weighted by molar-refractivity contribution is 0.400. The zero-order chi connectivity index (χ0) is 15.1. The molecule has 0 aliphatic carbocycles. The predicted molar refractivity (Wildman–Crippen MR) is 89.9 cm³/mol. The molecule has 1 atom stereocenters. The van der Waals surface area contributed by atoms with E-state index < -0.39 is 0 Å². The highest BCUT2D eigenvalue weighted by molar-refractivity contribution is 6.30. The van der Waals surface area contributed by atoms with Crippen LogP contribution in [0.4, 0.5) is 5.69 Å². The van der Waals surface area contributed by atoms with Gasteiger partial charge in [-0.25, -0.2) is 0 Å². The first-order valence-electron chi connectivity index (χ1n) is 7.37. The fraction of sp³-hybridized carbons (Fsp3) is 0.625. The van der Waals surface area contributed by atoms with Gasteiger partial charge in [0.05, 0.1) is 0 Å². The van der Waals surface area contributed by atoms with Gasteiger partial charge in [0, 0.05) is 29.8 Å². The second-order valence-corrected chi connectivity index (χ2v) is 6.13. The van der Waals surface area contributed by atoms with Crippen molar-refractivity contribution in [1.82, 2.24) is 4.90 Å². The maximum Gasteiger partial charge on any atom is 0.0410 e. The van der Waals surface area contributed by atoms with Crippen LogP contribution in [0.5, 0.6) is 0 Å². The Hall–Kier alpha value is -0.770. The topological polar surface area (TPSA) is 32.5 Å². The lowest BCUT2D eigenvalue weighted by Crippen LogP contribution is -2.29. The van der Waals surface area contributed by atoms with Crippen molar-refractivity contribution in [2.45, 2.75) is 32.7 Å². The van der Waals surface area contributed by atoms with Crippen LogP contribution >= 0.6 is 11.6 Å². The van der Waals surface area contributed by atoms with E-state index in [1.54, 1.807) is 0 Å². The van der Waals surface area contributed by atoms with Crippen molar-refractivity contribution in [2.24, 2.45) is 5.73 Å². The van der Waals surface area contributed by atoms with Crippen LogP contribution in [0.3, 0.4) is 0 Å². The third-order valence-electron chi connectivity index (χ3n) is 3.34. The Kier molecular flexibility index (Phi) is 7.35. The number of anilines is 1. The monoisotopic (exact) mass is 297 g/mol. The molecule has 0 amide bonds. The van der Waals surface area contributed by atoms with Crippen molar-refractivity contribution in [3.63, 3.8) is 0 Å². The number of hydrogen-bond acceptors (Lipinski definition) is 3. The van der Waals surface area contributed by atoms with E-state index in [0.29, 0.717) is 0 Å². The van der Waals surface area contributed by atoms with Crippen LogP contribution in [-0.2, 0) is 6.42 Å². The fourth-order valence-electron chi connectivity index (χ4n) is 2.40. The Bertz CT molecular complexity index is 405. The number of hydrogen-bond donors (Lipinski definition) is 1. The second kappa shape index (κ2) is 8.50. The van der Waals surface area contributed by atoms with E-state index in [1.165, 1.54) is 11.3 Å². The van der Waals surface area contributed by atoms with Crippen molar-refractivity contribution < 1.29 is 0 Å². The first-order chi connectivity index (χ1) is 9.43. The van der Waals surface area contributed by atoms with Crippen molar-refractivity contribution in [3.8, 4) is 0 Å². The average molecular weight is 298 g/mol. The van der Waals surface area contributed by atoms with Crippen LogP contribution in [0, 0.1) is 0 Å². The molecular formula is C16H28ClN3. The molecule has 0 aliphatic heterocycles. The molecule has 0 fully saturated rings. The summed E-state index contributed by atoms with van der Waals surface area (Å²) in [5.74, 6) is 0. The molecule has 0 heterocycles. The van der Waals surface area contributed by atoms with Gasteiger partial charge in [-0.05, 0) is 71.1 Å². The summed E-state index contributed by atoms with van der Waals surface area (Å²) >= 11 is 6.13. The highest BCUT2D eigenvalue weighted by atomic mass is 35.5. The number of nitrogens with zero attached hydrogens (tertiary/aromatic N) is 2. The summed E-state index contributed by atoms with van der Waals surface area (Å²) in [6.07, 6.45) is 2.02. The molecule has 0 saturated carbocycles. The molecule has 1 aromatic carbocycles. The number of halogens is 1. The zero-order valence-electron chi connectivity index (χ0n) is 13.2. The van der Waals surface area contributed by atoms with E-state index in [1.807, 2.05) is 13.0 Å². The van der Waals surface area contributed by atoms with Crippen LogP contribution in [0.1, 0.15) is 25.8 Å². The summed E-state index contributed by atoms with van der Waals surface area (Å²) in [7, 11) is 4.22. The van der Waals surface area contributed by atoms with Gasteiger partial charge in [0.15, 0.2) is 0 Å². The van der Waals surface area contributed by atoms with Crippen molar-refractivity contribution in [3.05, 3.63) is 28.8 Å². The summed E-state index contributed by atoms with van der Waals surface area (Å²) in [5.41, 5.74) is 8.48. The molecule has 1 unspecified atom stereocenters. The van der Waals surface area contributed by atoms with E-state index in [4.69, 9.17) is 17.3 Å². The molecule has 3 nitrogen and oxygen atoms in total. The minimum atomic E-state index is 0.146. The van der Waals surface area contributed by atoms with Gasteiger partial charge in [-0.3, -0.25) is 0 Å². The summed E-state index contributed by atoms with van der Waals surface area (Å²) < 4.78 is 0. The normalized spacial score (nSPS) is 12.8. The van der Waals surface area contributed by atoms with Crippen LogP contribution in [-0.4, -0.2) is 44.7 Å². The largest absolute Gasteiger partial charge is 0.372 e. The highest BCUT2D eigenvalue weighted by Gasteiger charge is 2.11. The maximum atomic E-state index is 6.13. The third kappa shape index (κ3) is 5.70. The quantitative estimate of drug-likeness (QED) is 0.800. The molecule has 0 aliphatic rings. The summed E-state index contributed by atoms with van der Waals surface area (Å²) in [6, 6.07) is 6.29. The van der Waals surface area contributed by atoms with Crippen molar-refractivity contribution >= 4 is 17.3 Å². The average Bonchev–Trinajstić information content (AvgIpc) is 2.34. The third-order valence-corrected chi connectivity index (χ3v) is 3.57. The maximum absolute atomic E-state index is 6.13. The Morgan fingerprint density at radius 3 is 2.50 bits per heavy atom. The van der Waals surface area contributed by atoms with Gasteiger partial charge in [0.25, 0.3) is 0 Å². The molecule has 0 spiro atoms. The number of benzene rings is 1. The molecule has 20 heavy (non-hydrogen) atoms. The Morgan fingerprint density at radius 1 is 1.25 bits per heavy atom. The van der Waals surface area contributed by atoms with Gasteiger partial charge < -0.3 is 15.5 Å². The molecule has 4 heteroatoms. The lowest BCUT2D eigenvalue weighted by atomic mass is 10.0. The molecule has 1 aromatic rings. The molecule has 0 saturated heterocycles. The molecule has 1 rings (SSSR count). The molecule has 0 aromatic heterocycles. The van der Waals surface area contributed by atoms with Crippen molar-refractivity contribution in [1.29, 1.82) is 0 Å². The lowest BCUT2D eigenvalue weighted by Gasteiger charge is -2.27. The van der Waals surface area contributed by atoms with Crippen LogP contribution < -0.4 is 10.6 Å². The van der Waals surface area contributed by atoms with E-state index in [9.17, 15) is 0 Å². The first-order valence-corrected chi connectivity index (χ1v) is 7.75. The van der Waals surface area contributed by atoms with Gasteiger partial charge in [0.2, 0.25) is 0 Å². The van der Waals surface area contributed by atoms with Crippen LogP contribution in [0.15, 0.2) is 18.2 Å². The second-order valence-electron chi connectivity index (χ2n) is 5.69. The Balaban J connectivity index is 2.84. The predicted octanol–water partition coefficient (Wildman–Crippen LogP) is 3.01. The summed E-state index contributed by atoms with van der Waals surface area (Å²) in [6.45, 7) is 7.39. The Labute approximate surface area is 128 Å². The minimum absolute atomic E-state index is 0.146. The standard InChI is InChI=1S/C16H28ClN3/c1-5-20(10-6-9-19(3)4)16-8-7-15(17)12-14(16)11-13(2)18/h7-8,12-13H,5-6,9-11,18H2,1-4H3. The number of rotatable bonds is 8. The zero-order valence-corrected chi connectivity index (χ0v) is 14.0. The Morgan fingerprint density at radius 2 is 1.95 bits per heavy atom. The summed E-state index contributed by atoms with van der Waals surface area (Å²) in [5, 5.41) is 0.786. The van der Waals surface area contributed by atoms with Gasteiger partial charge in [-0.15, -0.1) is 0 Å². The van der Waals surface area contributed by atoms with Crippen molar-refractivity contribution in [2.75, 3.05) is 38.6 Å². The number of nitrogens with two attached hydrogens (primary N) is 1. The molecule has 0 bridgehead atoms. The highest BCUT2D eigenvalue weighted by Crippen LogP contribution is 2.25. The smallest absolute Gasteiger partial charge is 0.0410 e. The van der Waals surface area contributed by atoms with E-state index in [-0.39, 0.29) is 6.04 Å². The molecular weight excluding hydrogens is 270 g/mol. The van der Waals surface area contributed by atoms with E-state index >= 15 is 0 Å². The minimum Gasteiger partial charge on any atom is -0.372 e. The van der Waals surface area contributed by atoms with Gasteiger partial charge in [0.1, 0.15) is 0 Å². The van der Waals surface area contributed by atoms with E-state index in [0.717, 1.165) is 37.5 Å². The van der Waals surface area contributed by atoms with Crippen LogP contribution in [0.2, 0.25) is 5.02 Å². The molecule has 114 valence electrons. The molecule has 0 radical (unpaired) electrons.